The van der Waals surface area contributed by atoms with Gasteiger partial charge in [-0.25, -0.2) is 9.48 Å². The van der Waals surface area contributed by atoms with Crippen LogP contribution in [-0.2, 0) is 20.7 Å². The summed E-state index contributed by atoms with van der Waals surface area (Å²) in [6.07, 6.45) is 1.59. The van der Waals surface area contributed by atoms with Gasteiger partial charge in [-0.2, -0.15) is 0 Å². The van der Waals surface area contributed by atoms with Crippen molar-refractivity contribution in [2.24, 2.45) is 0 Å². The van der Waals surface area contributed by atoms with E-state index in [9.17, 15) is 4.79 Å². The standard InChI is InChI=1S/C10H17N3O3/c1-9(2,8(14)15)13-6-7(11-12-13)10(3,4)16-5/h6H,1-5H3,(H,14,15). The minimum absolute atomic E-state index is 0.577. The van der Waals surface area contributed by atoms with Crippen molar-refractivity contribution < 1.29 is 14.6 Å². The van der Waals surface area contributed by atoms with Crippen LogP contribution in [0, 0.1) is 0 Å². The zero-order valence-corrected chi connectivity index (χ0v) is 10.2. The van der Waals surface area contributed by atoms with Crippen molar-refractivity contribution in [3.63, 3.8) is 0 Å². The molecule has 90 valence electrons. The molecule has 0 unspecified atom stereocenters. The molecule has 1 aromatic heterocycles. The molecule has 1 N–H and O–H groups in total. The average molecular weight is 227 g/mol. The first-order valence-electron chi connectivity index (χ1n) is 4.93. The van der Waals surface area contributed by atoms with Gasteiger partial charge >= 0.3 is 5.97 Å². The molecule has 0 aliphatic heterocycles. The molecule has 1 heterocycles. The van der Waals surface area contributed by atoms with Gasteiger partial charge in [-0.15, -0.1) is 5.10 Å². The molecule has 0 saturated carbocycles. The van der Waals surface area contributed by atoms with Gasteiger partial charge in [0.05, 0.1) is 6.20 Å². The third kappa shape index (κ3) is 2.06. The van der Waals surface area contributed by atoms with Gasteiger partial charge in [0.1, 0.15) is 11.3 Å². The van der Waals surface area contributed by atoms with Crippen molar-refractivity contribution in [3.8, 4) is 0 Å². The lowest BCUT2D eigenvalue weighted by Gasteiger charge is -2.20. The SMILES string of the molecule is COC(C)(C)c1cn(C(C)(C)C(=O)O)nn1. The van der Waals surface area contributed by atoms with E-state index in [4.69, 9.17) is 9.84 Å². The summed E-state index contributed by atoms with van der Waals surface area (Å²) in [6, 6.07) is 0. The van der Waals surface area contributed by atoms with E-state index in [-0.39, 0.29) is 0 Å². The molecule has 0 aliphatic rings. The lowest BCUT2D eigenvalue weighted by molar-refractivity contribution is -0.146. The first-order valence-corrected chi connectivity index (χ1v) is 4.93. The highest BCUT2D eigenvalue weighted by atomic mass is 16.5. The second kappa shape index (κ2) is 3.86. The van der Waals surface area contributed by atoms with Crippen molar-refractivity contribution >= 4 is 5.97 Å². The highest BCUT2D eigenvalue weighted by Crippen LogP contribution is 2.23. The summed E-state index contributed by atoms with van der Waals surface area (Å²) in [7, 11) is 1.57. The normalized spacial score (nSPS) is 12.8. The predicted molar refractivity (Wildman–Crippen MR) is 57.0 cm³/mol. The molecule has 0 atom stereocenters. The van der Waals surface area contributed by atoms with E-state index in [0.29, 0.717) is 5.69 Å². The molecule has 0 saturated heterocycles. The fraction of sp³-hybridized carbons (Fsp3) is 0.700. The Kier molecular flexibility index (Phi) is 3.05. The van der Waals surface area contributed by atoms with Crippen LogP contribution in [-0.4, -0.2) is 33.2 Å². The van der Waals surface area contributed by atoms with Crippen LogP contribution in [0.3, 0.4) is 0 Å². The van der Waals surface area contributed by atoms with Crippen LogP contribution in [0.4, 0.5) is 0 Å². The molecule has 0 spiro atoms. The molecule has 1 aromatic rings. The number of methoxy groups -OCH3 is 1. The van der Waals surface area contributed by atoms with Crippen molar-refractivity contribution in [1.29, 1.82) is 0 Å². The van der Waals surface area contributed by atoms with E-state index in [2.05, 4.69) is 10.3 Å². The molecule has 0 bridgehead atoms. The summed E-state index contributed by atoms with van der Waals surface area (Å²) < 4.78 is 6.57. The minimum Gasteiger partial charge on any atom is -0.479 e. The van der Waals surface area contributed by atoms with E-state index >= 15 is 0 Å². The van der Waals surface area contributed by atoms with E-state index in [1.807, 2.05) is 13.8 Å². The molecular formula is C10H17N3O3. The van der Waals surface area contributed by atoms with Gasteiger partial charge in [0.15, 0.2) is 5.54 Å². The molecule has 16 heavy (non-hydrogen) atoms. The zero-order chi connectivity index (χ0) is 12.6. The fourth-order valence-corrected chi connectivity index (χ4v) is 1.02. The van der Waals surface area contributed by atoms with Crippen LogP contribution in [0.1, 0.15) is 33.4 Å². The van der Waals surface area contributed by atoms with Gasteiger partial charge in [0, 0.05) is 7.11 Å². The molecule has 1 rings (SSSR count). The first-order chi connectivity index (χ1) is 7.21. The molecule has 6 nitrogen and oxygen atoms in total. The quantitative estimate of drug-likeness (QED) is 0.829. The van der Waals surface area contributed by atoms with Crippen LogP contribution in [0.25, 0.3) is 0 Å². The van der Waals surface area contributed by atoms with Gasteiger partial charge in [0.25, 0.3) is 0 Å². The summed E-state index contributed by atoms with van der Waals surface area (Å²) in [6.45, 7) is 6.81. The molecule has 0 aromatic carbocycles. The number of carboxylic acid groups (broad SMARTS) is 1. The van der Waals surface area contributed by atoms with Crippen LogP contribution >= 0.6 is 0 Å². The topological polar surface area (TPSA) is 77.2 Å². The summed E-state index contributed by atoms with van der Waals surface area (Å²) in [5.41, 5.74) is -1.09. The number of carbonyl (C=O) groups is 1. The van der Waals surface area contributed by atoms with Gasteiger partial charge in [0.2, 0.25) is 0 Å². The Bertz CT molecular complexity index is 396. The number of rotatable bonds is 4. The maximum absolute atomic E-state index is 11.0. The zero-order valence-electron chi connectivity index (χ0n) is 10.2. The molecule has 0 aliphatic carbocycles. The lowest BCUT2D eigenvalue weighted by atomic mass is 10.0. The largest absolute Gasteiger partial charge is 0.479 e. The second-order valence-corrected chi connectivity index (χ2v) is 4.63. The summed E-state index contributed by atoms with van der Waals surface area (Å²) in [5.74, 6) is -0.959. The Morgan fingerprint density at radius 2 is 2.00 bits per heavy atom. The van der Waals surface area contributed by atoms with Gasteiger partial charge in [-0.3, -0.25) is 0 Å². The Hall–Kier alpha value is -1.43. The Balaban J connectivity index is 3.09. The van der Waals surface area contributed by atoms with E-state index < -0.39 is 17.1 Å². The molecular weight excluding hydrogens is 210 g/mol. The van der Waals surface area contributed by atoms with E-state index in [1.165, 1.54) is 4.68 Å². The van der Waals surface area contributed by atoms with Crippen molar-refractivity contribution in [1.82, 2.24) is 15.0 Å². The van der Waals surface area contributed by atoms with Crippen molar-refractivity contribution in [2.75, 3.05) is 7.11 Å². The summed E-state index contributed by atoms with van der Waals surface area (Å²) >= 11 is 0. The smallest absolute Gasteiger partial charge is 0.331 e. The third-order valence-corrected chi connectivity index (χ3v) is 2.72. The summed E-state index contributed by atoms with van der Waals surface area (Å²) in [4.78, 5) is 11.0. The van der Waals surface area contributed by atoms with E-state index in [1.54, 1.807) is 27.2 Å². The van der Waals surface area contributed by atoms with Gasteiger partial charge < -0.3 is 9.84 Å². The number of aromatic nitrogens is 3. The van der Waals surface area contributed by atoms with Crippen LogP contribution < -0.4 is 0 Å². The Labute approximate surface area is 94.2 Å². The highest BCUT2D eigenvalue weighted by Gasteiger charge is 2.33. The monoisotopic (exact) mass is 227 g/mol. The highest BCUT2D eigenvalue weighted by molar-refractivity contribution is 5.75. The molecule has 6 heteroatoms. The van der Waals surface area contributed by atoms with Crippen LogP contribution in [0.15, 0.2) is 6.20 Å². The van der Waals surface area contributed by atoms with Gasteiger partial charge in [-0.05, 0) is 27.7 Å². The van der Waals surface area contributed by atoms with Crippen molar-refractivity contribution in [3.05, 3.63) is 11.9 Å². The average Bonchev–Trinajstić information content (AvgIpc) is 2.67. The fourth-order valence-electron chi connectivity index (χ4n) is 1.02. The first kappa shape index (κ1) is 12.6. The number of aliphatic carboxylic acids is 1. The number of hydrogen-bond acceptors (Lipinski definition) is 4. The second-order valence-electron chi connectivity index (χ2n) is 4.63. The number of carboxylic acids is 1. The summed E-state index contributed by atoms with van der Waals surface area (Å²) in [5, 5.41) is 16.8. The van der Waals surface area contributed by atoms with Gasteiger partial charge in [-0.1, -0.05) is 5.21 Å². The number of nitrogens with zero attached hydrogens (tertiary/aromatic N) is 3. The molecule has 0 fully saturated rings. The van der Waals surface area contributed by atoms with Crippen LogP contribution in [0.5, 0.6) is 0 Å². The Morgan fingerprint density at radius 3 is 2.44 bits per heavy atom. The number of hydrogen-bond donors (Lipinski definition) is 1. The molecule has 0 radical (unpaired) electrons. The third-order valence-electron chi connectivity index (χ3n) is 2.72. The van der Waals surface area contributed by atoms with Crippen molar-refractivity contribution in [2.45, 2.75) is 38.8 Å². The number of ether oxygens (including phenoxy) is 1. The lowest BCUT2D eigenvalue weighted by Crippen LogP contribution is -2.36. The predicted octanol–water partition coefficient (Wildman–Crippen LogP) is 0.979. The van der Waals surface area contributed by atoms with Crippen LogP contribution in [0.2, 0.25) is 0 Å². The molecule has 0 amide bonds. The Morgan fingerprint density at radius 1 is 1.44 bits per heavy atom. The van der Waals surface area contributed by atoms with E-state index in [0.717, 1.165) is 0 Å². The maximum atomic E-state index is 11.0. The maximum Gasteiger partial charge on any atom is 0.331 e. The minimum atomic E-state index is -1.12.